The van der Waals surface area contributed by atoms with Gasteiger partial charge in [-0.2, -0.15) is 0 Å². The highest BCUT2D eigenvalue weighted by Gasteiger charge is 2.25. The molecule has 0 fully saturated rings. The lowest BCUT2D eigenvalue weighted by molar-refractivity contribution is -0.129. The second-order valence-corrected chi connectivity index (χ2v) is 10.3. The van der Waals surface area contributed by atoms with Gasteiger partial charge in [0.2, 0.25) is 0 Å². The fourth-order valence-electron chi connectivity index (χ4n) is 2.25. The van der Waals surface area contributed by atoms with E-state index in [1.54, 1.807) is 0 Å². The highest BCUT2D eigenvalue weighted by atomic mass is 16.5. The second-order valence-electron chi connectivity index (χ2n) is 10.3. The van der Waals surface area contributed by atoms with Crippen molar-refractivity contribution in [3.63, 3.8) is 0 Å². The third-order valence-corrected chi connectivity index (χ3v) is 4.24. The third-order valence-electron chi connectivity index (χ3n) is 4.24. The summed E-state index contributed by atoms with van der Waals surface area (Å²) in [4.78, 5) is 12.0. The van der Waals surface area contributed by atoms with Crippen molar-refractivity contribution in [3.8, 4) is 0 Å². The molecule has 0 saturated carbocycles. The average Bonchev–Trinajstić information content (AvgIpc) is 2.34. The highest BCUT2D eigenvalue weighted by Crippen LogP contribution is 2.21. The number of nitrogens with one attached hydrogen (secondary N) is 1. The van der Waals surface area contributed by atoms with Gasteiger partial charge in [-0.1, -0.05) is 20.8 Å². The van der Waals surface area contributed by atoms with E-state index in [1.807, 2.05) is 20.8 Å². The van der Waals surface area contributed by atoms with Gasteiger partial charge in [0.05, 0.1) is 24.4 Å². The summed E-state index contributed by atoms with van der Waals surface area (Å²) in [5, 5.41) is 3.50. The van der Waals surface area contributed by atoms with Crippen molar-refractivity contribution >= 4 is 5.78 Å². The number of hydrogen-bond acceptors (Lipinski definition) is 4. The first kappa shape index (κ1) is 24.6. The van der Waals surface area contributed by atoms with E-state index in [0.29, 0.717) is 19.6 Å². The molecule has 25 heavy (non-hydrogen) atoms. The van der Waals surface area contributed by atoms with Crippen LogP contribution < -0.4 is 5.32 Å². The molecular formula is C21H43NO3. The van der Waals surface area contributed by atoms with E-state index in [9.17, 15) is 4.79 Å². The van der Waals surface area contributed by atoms with E-state index in [4.69, 9.17) is 9.47 Å². The molecule has 150 valence electrons. The SMILES string of the molecule is CC(C)(C)NCCC(C)(C)OCCC(C)(C)OCCC(=O)C(C)(C)C. The summed E-state index contributed by atoms with van der Waals surface area (Å²) in [6, 6.07) is 0. The molecule has 0 aliphatic carbocycles. The van der Waals surface area contributed by atoms with E-state index in [1.165, 1.54) is 0 Å². The molecule has 0 atom stereocenters. The third kappa shape index (κ3) is 13.4. The van der Waals surface area contributed by atoms with E-state index < -0.39 is 0 Å². The molecule has 0 aliphatic heterocycles. The zero-order valence-electron chi connectivity index (χ0n) is 18.5. The van der Waals surface area contributed by atoms with Gasteiger partial charge >= 0.3 is 0 Å². The Kier molecular flexibility index (Phi) is 9.30. The van der Waals surface area contributed by atoms with Crippen molar-refractivity contribution in [1.82, 2.24) is 5.32 Å². The van der Waals surface area contributed by atoms with Crippen molar-refractivity contribution in [2.24, 2.45) is 5.41 Å². The molecule has 0 amide bonds. The van der Waals surface area contributed by atoms with Crippen LogP contribution in [-0.2, 0) is 14.3 Å². The predicted molar refractivity (Wildman–Crippen MR) is 106 cm³/mol. The maximum Gasteiger partial charge on any atom is 0.140 e. The van der Waals surface area contributed by atoms with Crippen LogP contribution in [0.25, 0.3) is 0 Å². The molecule has 1 N–H and O–H groups in total. The monoisotopic (exact) mass is 357 g/mol. The van der Waals surface area contributed by atoms with Crippen LogP contribution in [0.2, 0.25) is 0 Å². The predicted octanol–water partition coefficient (Wildman–Crippen LogP) is 4.75. The Hall–Kier alpha value is -0.450. The van der Waals surface area contributed by atoms with E-state index in [2.05, 4.69) is 53.8 Å². The van der Waals surface area contributed by atoms with Crippen molar-refractivity contribution in [1.29, 1.82) is 0 Å². The van der Waals surface area contributed by atoms with Crippen molar-refractivity contribution in [2.75, 3.05) is 19.8 Å². The molecule has 0 aromatic carbocycles. The molecule has 0 saturated heterocycles. The zero-order chi connectivity index (χ0) is 19.9. The minimum Gasteiger partial charge on any atom is -0.375 e. The van der Waals surface area contributed by atoms with Crippen LogP contribution in [0.4, 0.5) is 0 Å². The summed E-state index contributed by atoms with van der Waals surface area (Å²) in [6.07, 6.45) is 2.25. The Morgan fingerprint density at radius 1 is 0.760 bits per heavy atom. The van der Waals surface area contributed by atoms with Gasteiger partial charge in [0.25, 0.3) is 0 Å². The molecule has 4 heteroatoms. The Balaban J connectivity index is 4.09. The number of ether oxygens (including phenoxy) is 2. The maximum atomic E-state index is 12.0. The fourth-order valence-corrected chi connectivity index (χ4v) is 2.25. The highest BCUT2D eigenvalue weighted by molar-refractivity contribution is 5.83. The summed E-state index contributed by atoms with van der Waals surface area (Å²) >= 11 is 0. The van der Waals surface area contributed by atoms with Crippen LogP contribution in [0.15, 0.2) is 0 Å². The first-order valence-corrected chi connectivity index (χ1v) is 9.60. The van der Waals surface area contributed by atoms with Crippen molar-refractivity contribution in [3.05, 3.63) is 0 Å². The summed E-state index contributed by atoms with van der Waals surface area (Å²) < 4.78 is 12.0. The fraction of sp³-hybridized carbons (Fsp3) is 0.952. The van der Waals surface area contributed by atoms with Crippen molar-refractivity contribution < 1.29 is 14.3 Å². The topological polar surface area (TPSA) is 47.6 Å². The normalized spacial score (nSPS) is 14.0. The minimum absolute atomic E-state index is 0.135. The molecule has 0 heterocycles. The summed E-state index contributed by atoms with van der Waals surface area (Å²) in [5.41, 5.74) is -0.591. The summed E-state index contributed by atoms with van der Waals surface area (Å²) in [6.45, 7) is 22.8. The number of Topliss-reactive ketones (excluding diaryl/α,β-unsaturated/α-hetero) is 1. The average molecular weight is 358 g/mol. The number of ketones is 1. The standard InChI is InChI=1S/C21H43NO3/c1-18(2,3)17(23)11-15-24-21(9,10)13-16-25-20(7,8)12-14-22-19(4,5)6/h22H,11-16H2,1-10H3. The number of hydrogen-bond donors (Lipinski definition) is 1. The van der Waals surface area contributed by atoms with Gasteiger partial charge in [-0.15, -0.1) is 0 Å². The van der Waals surface area contributed by atoms with Gasteiger partial charge in [-0.25, -0.2) is 0 Å². The molecule has 0 spiro atoms. The van der Waals surface area contributed by atoms with E-state index >= 15 is 0 Å². The Bertz CT molecular complexity index is 400. The summed E-state index contributed by atoms with van der Waals surface area (Å²) in [7, 11) is 0. The smallest absolute Gasteiger partial charge is 0.140 e. The van der Waals surface area contributed by atoms with Gasteiger partial charge in [0, 0.05) is 17.4 Å². The number of carbonyl (C=O) groups excluding carboxylic acids is 1. The first-order chi connectivity index (χ1) is 11.0. The van der Waals surface area contributed by atoms with Crippen LogP contribution in [-0.4, -0.2) is 42.3 Å². The van der Waals surface area contributed by atoms with Gasteiger partial charge in [-0.05, 0) is 67.9 Å². The lowest BCUT2D eigenvalue weighted by atomic mass is 9.89. The lowest BCUT2D eigenvalue weighted by Crippen LogP contribution is -2.40. The quantitative estimate of drug-likeness (QED) is 0.579. The Labute approximate surface area is 156 Å². The van der Waals surface area contributed by atoms with Crippen LogP contribution in [0.3, 0.4) is 0 Å². The largest absolute Gasteiger partial charge is 0.375 e. The second kappa shape index (κ2) is 9.48. The molecule has 0 aromatic rings. The minimum atomic E-state index is -0.290. The molecule has 0 bridgehead atoms. The maximum absolute atomic E-state index is 12.0. The van der Waals surface area contributed by atoms with Crippen LogP contribution in [0.1, 0.15) is 88.5 Å². The molecule has 0 aliphatic rings. The van der Waals surface area contributed by atoms with Crippen LogP contribution >= 0.6 is 0 Å². The summed E-state index contributed by atoms with van der Waals surface area (Å²) in [5.74, 6) is 0.243. The molecule has 0 radical (unpaired) electrons. The van der Waals surface area contributed by atoms with Gasteiger partial charge in [0.1, 0.15) is 5.78 Å². The van der Waals surface area contributed by atoms with E-state index in [0.717, 1.165) is 19.4 Å². The molecule has 0 aromatic heterocycles. The number of rotatable bonds is 11. The Morgan fingerprint density at radius 2 is 1.24 bits per heavy atom. The van der Waals surface area contributed by atoms with Gasteiger partial charge < -0.3 is 14.8 Å². The van der Waals surface area contributed by atoms with Gasteiger partial charge in [-0.3, -0.25) is 4.79 Å². The zero-order valence-corrected chi connectivity index (χ0v) is 18.5. The molecular weight excluding hydrogens is 314 g/mol. The van der Waals surface area contributed by atoms with Gasteiger partial charge in [0.15, 0.2) is 0 Å². The first-order valence-electron chi connectivity index (χ1n) is 9.60. The number of carbonyl (C=O) groups is 1. The Morgan fingerprint density at radius 3 is 1.72 bits per heavy atom. The molecule has 0 rings (SSSR count). The van der Waals surface area contributed by atoms with Crippen LogP contribution in [0.5, 0.6) is 0 Å². The lowest BCUT2D eigenvalue weighted by Gasteiger charge is -2.31. The van der Waals surface area contributed by atoms with E-state index in [-0.39, 0.29) is 27.9 Å². The molecule has 4 nitrogen and oxygen atoms in total. The van der Waals surface area contributed by atoms with Crippen LogP contribution in [0, 0.1) is 5.41 Å². The van der Waals surface area contributed by atoms with Crippen molar-refractivity contribution in [2.45, 2.75) is 105 Å². The molecule has 0 unspecified atom stereocenters.